The number of allylic oxidation sites excluding steroid dienone is 16. The minimum atomic E-state index is -4.93. The number of unbranched alkanes of at least 4 members (excludes halogenated alkanes) is 46. The Labute approximate surface area is 667 Å². The Hall–Kier alpha value is -3.53. The largest absolute Gasteiger partial charge is 0.472 e. The van der Waals surface area contributed by atoms with Crippen molar-refractivity contribution in [2.45, 2.75) is 424 Å². The zero-order valence-corrected chi connectivity index (χ0v) is 71.5. The highest BCUT2D eigenvalue weighted by atomic mass is 31.2. The van der Waals surface area contributed by atoms with Crippen molar-refractivity contribution in [2.75, 3.05) is 39.6 Å². The van der Waals surface area contributed by atoms with Gasteiger partial charge in [-0.25, -0.2) is 9.13 Å². The zero-order valence-electron chi connectivity index (χ0n) is 69.7. The van der Waals surface area contributed by atoms with Crippen LogP contribution in [-0.4, -0.2) is 95.9 Å². The Kier molecular flexibility index (Phi) is 81.2. The molecular weight excluding hydrogens is 1410 g/mol. The summed E-state index contributed by atoms with van der Waals surface area (Å²) in [6, 6.07) is 0. The third kappa shape index (κ3) is 85.2. The molecule has 0 aliphatic carbocycles. The molecule has 18 heteroatoms. The van der Waals surface area contributed by atoms with Crippen LogP contribution in [0.5, 0.6) is 0 Å². The summed E-state index contributed by atoms with van der Waals surface area (Å²) in [6.07, 6.45) is 99.1. The molecule has 0 rings (SSSR count). The Bertz CT molecular complexity index is 2370. The average molecular weight is 1580 g/mol. The molecule has 109 heavy (non-hydrogen) atoms. The number of ether oxygens (including phenoxy) is 3. The van der Waals surface area contributed by atoms with Gasteiger partial charge in [-0.15, -0.1) is 0 Å². The first-order chi connectivity index (χ1) is 53.2. The number of carbonyl (C=O) groups excluding carboxylic acids is 3. The van der Waals surface area contributed by atoms with Gasteiger partial charge in [-0.05, 0) is 109 Å². The third-order valence-electron chi connectivity index (χ3n) is 19.3. The molecule has 0 aromatic heterocycles. The minimum absolute atomic E-state index is 0.109. The van der Waals surface area contributed by atoms with E-state index in [0.717, 1.165) is 109 Å². The topological polar surface area (TPSA) is 231 Å². The quantitative estimate of drug-likeness (QED) is 0.0146. The van der Waals surface area contributed by atoms with Crippen LogP contribution in [0.25, 0.3) is 0 Å². The number of aliphatic hydroxyl groups is 2. The Morgan fingerprint density at radius 1 is 0.257 bits per heavy atom. The summed E-state index contributed by atoms with van der Waals surface area (Å²) < 4.78 is 61.3. The maximum Gasteiger partial charge on any atom is 0.472 e. The summed E-state index contributed by atoms with van der Waals surface area (Å²) in [7, 11) is -9.78. The van der Waals surface area contributed by atoms with E-state index < -0.39 is 91.5 Å². The van der Waals surface area contributed by atoms with Gasteiger partial charge >= 0.3 is 33.6 Å². The van der Waals surface area contributed by atoms with Gasteiger partial charge in [-0.3, -0.25) is 32.5 Å². The molecule has 0 fully saturated rings. The van der Waals surface area contributed by atoms with Crippen LogP contribution in [0.3, 0.4) is 0 Å². The molecule has 0 radical (unpaired) electrons. The standard InChI is InChI=1S/C91H164O16P2/c1-4-7-10-13-16-19-22-24-26-28-30-32-34-36-38-40-41-42-43-45-47-48-50-52-54-56-58-60-63-65-68-71-74-77-89(94)101-80-86(92)81-103-108(97,98)104-82-87(93)83-105-109(99,100)106-85-88(107-91(96)79-76-73-70-67-62-21-18-15-12-9-6-3)84-102-90(95)78-75-72-69-66-64-61-59-57-55-53-51-49-46-44-39-37-35-33-31-29-27-25-23-20-17-14-11-8-5-2/h16-17,19-20,24-27,30-33,36-39,86-88,92-93H,4-15,18,21-23,28-29,34-35,40-85H2,1-3H3,(H,97,98)(H,99,100)/b19-16-,20-17-,26-24-,27-25-,32-30-,33-31-,38-36-,39-37-. The first-order valence-corrected chi connectivity index (χ1v) is 47.5. The van der Waals surface area contributed by atoms with Gasteiger partial charge in [0.1, 0.15) is 25.4 Å². The molecule has 5 atom stereocenters. The highest BCUT2D eigenvalue weighted by Crippen LogP contribution is 2.45. The second-order valence-corrected chi connectivity index (χ2v) is 33.0. The van der Waals surface area contributed by atoms with Gasteiger partial charge in [-0.2, -0.15) is 0 Å². The van der Waals surface area contributed by atoms with Crippen LogP contribution in [0.4, 0.5) is 0 Å². The van der Waals surface area contributed by atoms with E-state index in [1.165, 1.54) is 238 Å². The van der Waals surface area contributed by atoms with Gasteiger partial charge in [0, 0.05) is 19.3 Å². The second-order valence-electron chi connectivity index (χ2n) is 30.1. The fourth-order valence-electron chi connectivity index (χ4n) is 12.5. The minimum Gasteiger partial charge on any atom is -0.463 e. The molecule has 0 saturated heterocycles. The number of phosphoric ester groups is 2. The maximum atomic E-state index is 13.0. The maximum absolute atomic E-state index is 13.0. The molecular formula is C91H164O16P2. The summed E-state index contributed by atoms with van der Waals surface area (Å²) in [6.45, 7) is 2.68. The summed E-state index contributed by atoms with van der Waals surface area (Å²) in [5.41, 5.74) is 0. The van der Waals surface area contributed by atoms with Gasteiger partial charge in [0.05, 0.1) is 26.4 Å². The van der Waals surface area contributed by atoms with E-state index in [4.69, 9.17) is 32.3 Å². The first kappa shape index (κ1) is 105. The fourth-order valence-corrected chi connectivity index (χ4v) is 14.1. The zero-order chi connectivity index (χ0) is 79.4. The van der Waals surface area contributed by atoms with Crippen molar-refractivity contribution in [2.24, 2.45) is 0 Å². The molecule has 16 nitrogen and oxygen atoms in total. The lowest BCUT2D eigenvalue weighted by Gasteiger charge is -2.21. The smallest absolute Gasteiger partial charge is 0.463 e. The highest BCUT2D eigenvalue weighted by molar-refractivity contribution is 7.47. The van der Waals surface area contributed by atoms with Crippen molar-refractivity contribution in [3.8, 4) is 0 Å². The van der Waals surface area contributed by atoms with Gasteiger partial charge < -0.3 is 34.2 Å². The van der Waals surface area contributed by atoms with Crippen LogP contribution in [0.2, 0.25) is 0 Å². The van der Waals surface area contributed by atoms with Crippen molar-refractivity contribution in [3.63, 3.8) is 0 Å². The molecule has 0 saturated carbocycles. The van der Waals surface area contributed by atoms with Crippen LogP contribution in [0.1, 0.15) is 406 Å². The summed E-state index contributed by atoms with van der Waals surface area (Å²) >= 11 is 0. The number of hydrogen-bond donors (Lipinski definition) is 4. The van der Waals surface area contributed by atoms with Gasteiger partial charge in [-0.1, -0.05) is 375 Å². The third-order valence-corrected chi connectivity index (χ3v) is 21.2. The molecule has 4 N–H and O–H groups in total. The molecule has 0 aliphatic rings. The van der Waals surface area contributed by atoms with Crippen LogP contribution in [0, 0.1) is 0 Å². The van der Waals surface area contributed by atoms with Crippen molar-refractivity contribution >= 4 is 33.6 Å². The van der Waals surface area contributed by atoms with Crippen molar-refractivity contribution in [1.29, 1.82) is 0 Å². The normalized spacial score (nSPS) is 14.3. The Morgan fingerprint density at radius 2 is 0.459 bits per heavy atom. The van der Waals surface area contributed by atoms with Crippen molar-refractivity contribution in [1.82, 2.24) is 0 Å². The van der Waals surface area contributed by atoms with Crippen molar-refractivity contribution in [3.05, 3.63) is 97.2 Å². The van der Waals surface area contributed by atoms with Crippen LogP contribution in [-0.2, 0) is 55.8 Å². The second kappa shape index (κ2) is 83.9. The molecule has 0 heterocycles. The summed E-state index contributed by atoms with van der Waals surface area (Å²) in [5.74, 6) is -1.55. The Morgan fingerprint density at radius 3 is 0.743 bits per heavy atom. The number of carbonyl (C=O) groups is 3. The lowest BCUT2D eigenvalue weighted by molar-refractivity contribution is -0.161. The lowest BCUT2D eigenvalue weighted by Crippen LogP contribution is -2.30. The van der Waals surface area contributed by atoms with E-state index in [1.807, 2.05) is 0 Å². The van der Waals surface area contributed by atoms with E-state index in [9.17, 15) is 43.5 Å². The number of hydrogen-bond acceptors (Lipinski definition) is 14. The predicted molar refractivity (Wildman–Crippen MR) is 454 cm³/mol. The molecule has 0 bridgehead atoms. The van der Waals surface area contributed by atoms with Gasteiger partial charge in [0.2, 0.25) is 0 Å². The SMILES string of the molecule is CCCCC/C=C\C/C=C\C/C=C\C/C=C\CCCCCCCCCCCCCCCCCCCC(=O)OCC(O)COP(=O)(O)OCC(O)COP(=O)(O)OCC(COC(=O)CCCCCCCCCCCCCCC/C=C\C/C=C\C/C=C\C/C=C\CCCCC)OC(=O)CCCCCCCCCCCCC. The van der Waals surface area contributed by atoms with Crippen molar-refractivity contribution < 1.29 is 75.8 Å². The molecule has 0 amide bonds. The number of aliphatic hydroxyl groups excluding tert-OH is 2. The number of phosphoric acid groups is 2. The highest BCUT2D eigenvalue weighted by Gasteiger charge is 2.29. The van der Waals surface area contributed by atoms with Gasteiger partial charge in [0.25, 0.3) is 0 Å². The van der Waals surface area contributed by atoms with E-state index >= 15 is 0 Å². The van der Waals surface area contributed by atoms with E-state index in [-0.39, 0.29) is 19.3 Å². The molecule has 0 aromatic carbocycles. The fraction of sp³-hybridized carbons (Fsp3) is 0.791. The summed E-state index contributed by atoms with van der Waals surface area (Å²) in [4.78, 5) is 58.7. The van der Waals surface area contributed by atoms with Crippen LogP contribution in [0.15, 0.2) is 97.2 Å². The number of esters is 3. The molecule has 634 valence electrons. The lowest BCUT2D eigenvalue weighted by atomic mass is 10.0. The van der Waals surface area contributed by atoms with Crippen LogP contribution < -0.4 is 0 Å². The first-order valence-electron chi connectivity index (χ1n) is 44.5. The molecule has 0 aromatic rings. The van der Waals surface area contributed by atoms with Gasteiger partial charge in [0.15, 0.2) is 6.10 Å². The molecule has 0 spiro atoms. The molecule has 0 aliphatic heterocycles. The Balaban J connectivity index is 4.34. The number of rotatable bonds is 85. The average Bonchev–Trinajstić information content (AvgIpc) is 0.836. The van der Waals surface area contributed by atoms with E-state index in [1.54, 1.807) is 0 Å². The van der Waals surface area contributed by atoms with E-state index in [2.05, 4.69) is 118 Å². The van der Waals surface area contributed by atoms with E-state index in [0.29, 0.717) is 19.3 Å². The molecule has 5 unspecified atom stereocenters. The monoisotopic (exact) mass is 1580 g/mol. The summed E-state index contributed by atoms with van der Waals surface area (Å²) in [5, 5.41) is 20.7. The van der Waals surface area contributed by atoms with Crippen LogP contribution >= 0.6 is 15.6 Å². The predicted octanol–water partition coefficient (Wildman–Crippen LogP) is 26.9.